The van der Waals surface area contributed by atoms with Crippen molar-refractivity contribution in [2.75, 3.05) is 0 Å². The van der Waals surface area contributed by atoms with Gasteiger partial charge in [-0.3, -0.25) is 0 Å². The molecule has 0 N–H and O–H groups in total. The molecule has 1 saturated carbocycles. The summed E-state index contributed by atoms with van der Waals surface area (Å²) in [7, 11) is 0. The Labute approximate surface area is 93.3 Å². The molecule has 0 atom stereocenters. The highest BCUT2D eigenvalue weighted by molar-refractivity contribution is 9.10. The van der Waals surface area contributed by atoms with E-state index in [0.717, 1.165) is 16.2 Å². The second-order valence-corrected chi connectivity index (χ2v) is 5.81. The van der Waals surface area contributed by atoms with Crippen LogP contribution in [0.2, 0.25) is 0 Å². The van der Waals surface area contributed by atoms with Crippen LogP contribution in [0.25, 0.3) is 0 Å². The molecule has 1 aromatic rings. The third kappa shape index (κ3) is 1.97. The van der Waals surface area contributed by atoms with Gasteiger partial charge in [0, 0.05) is 5.41 Å². The number of nitrogens with zero attached hydrogens (tertiary/aromatic N) is 2. The van der Waals surface area contributed by atoms with Crippen LogP contribution in [0, 0.1) is 0 Å². The molecular formula is C11H15BrN2. The topological polar surface area (TPSA) is 25.8 Å². The van der Waals surface area contributed by atoms with E-state index in [2.05, 4.69) is 53.0 Å². The first-order valence-corrected chi connectivity index (χ1v) is 5.81. The van der Waals surface area contributed by atoms with E-state index in [4.69, 9.17) is 0 Å². The van der Waals surface area contributed by atoms with E-state index in [9.17, 15) is 0 Å². The van der Waals surface area contributed by atoms with Crippen LogP contribution in [0.3, 0.4) is 0 Å². The number of aromatic nitrogens is 2. The summed E-state index contributed by atoms with van der Waals surface area (Å²) in [5.74, 6) is 0.732. The van der Waals surface area contributed by atoms with Crippen LogP contribution in [0.4, 0.5) is 0 Å². The maximum Gasteiger partial charge on any atom is 0.129 e. The van der Waals surface area contributed by atoms with Gasteiger partial charge in [-0.05, 0) is 46.3 Å². The summed E-state index contributed by atoms with van der Waals surface area (Å²) in [6, 6.07) is 2.13. The molecule has 3 heteroatoms. The smallest absolute Gasteiger partial charge is 0.129 e. The molecule has 14 heavy (non-hydrogen) atoms. The zero-order chi connectivity index (χ0) is 10.3. The van der Waals surface area contributed by atoms with Gasteiger partial charge in [0.2, 0.25) is 0 Å². The van der Waals surface area contributed by atoms with Crippen LogP contribution in [0.1, 0.15) is 50.8 Å². The van der Waals surface area contributed by atoms with Gasteiger partial charge in [0.05, 0.1) is 5.69 Å². The summed E-state index contributed by atoms with van der Waals surface area (Å²) in [6.45, 7) is 6.57. The first-order valence-electron chi connectivity index (χ1n) is 5.02. The molecule has 0 saturated heterocycles. The Hall–Kier alpha value is -0.440. The Morgan fingerprint density at radius 1 is 1.29 bits per heavy atom. The van der Waals surface area contributed by atoms with E-state index in [1.54, 1.807) is 0 Å². The van der Waals surface area contributed by atoms with Crippen molar-refractivity contribution < 1.29 is 0 Å². The van der Waals surface area contributed by atoms with E-state index < -0.39 is 0 Å². The summed E-state index contributed by atoms with van der Waals surface area (Å²) in [4.78, 5) is 0. The van der Waals surface area contributed by atoms with Crippen LogP contribution >= 0.6 is 15.9 Å². The molecule has 0 radical (unpaired) electrons. The maximum absolute atomic E-state index is 4.31. The molecule has 2 rings (SSSR count). The Morgan fingerprint density at radius 2 is 1.93 bits per heavy atom. The minimum Gasteiger partial charge on any atom is -0.154 e. The minimum absolute atomic E-state index is 0.103. The Kier molecular flexibility index (Phi) is 2.38. The van der Waals surface area contributed by atoms with Gasteiger partial charge in [0.25, 0.3) is 0 Å². The summed E-state index contributed by atoms with van der Waals surface area (Å²) in [5.41, 5.74) is 2.65. The molecule has 1 heterocycles. The fourth-order valence-electron chi connectivity index (χ4n) is 1.67. The zero-order valence-corrected chi connectivity index (χ0v) is 10.4. The van der Waals surface area contributed by atoms with Crippen LogP contribution in [-0.4, -0.2) is 10.2 Å². The lowest BCUT2D eigenvalue weighted by molar-refractivity contribution is 0.548. The molecule has 0 aliphatic heterocycles. The zero-order valence-electron chi connectivity index (χ0n) is 8.84. The molecule has 0 aromatic carbocycles. The average Bonchev–Trinajstić information content (AvgIpc) is 2.83. The molecule has 0 unspecified atom stereocenters. The normalized spacial score (nSPS) is 17.1. The van der Waals surface area contributed by atoms with Crippen molar-refractivity contribution in [3.63, 3.8) is 0 Å². The third-order valence-corrected chi connectivity index (χ3v) is 2.91. The number of hydrogen-bond donors (Lipinski definition) is 0. The van der Waals surface area contributed by atoms with Gasteiger partial charge in [-0.2, -0.15) is 5.10 Å². The third-order valence-electron chi connectivity index (χ3n) is 2.52. The first-order chi connectivity index (χ1) is 6.48. The largest absolute Gasteiger partial charge is 0.154 e. The molecule has 1 aliphatic rings. The number of rotatable bonds is 1. The lowest BCUT2D eigenvalue weighted by atomic mass is 9.87. The Bertz CT molecular complexity index is 351. The molecule has 1 fully saturated rings. The standard InChI is InChI=1S/C11H15BrN2/c1-11(2,3)10-8(7-4-5-7)6-9(12)13-14-10/h6-7H,4-5H2,1-3H3. The van der Waals surface area contributed by atoms with Gasteiger partial charge in [-0.15, -0.1) is 5.10 Å². The summed E-state index contributed by atoms with van der Waals surface area (Å²) in [6.07, 6.45) is 2.61. The lowest BCUT2D eigenvalue weighted by Crippen LogP contribution is -2.17. The molecule has 0 bridgehead atoms. The molecule has 0 spiro atoms. The molecular weight excluding hydrogens is 240 g/mol. The monoisotopic (exact) mass is 254 g/mol. The lowest BCUT2D eigenvalue weighted by Gasteiger charge is -2.20. The fourth-order valence-corrected chi connectivity index (χ4v) is 2.00. The highest BCUT2D eigenvalue weighted by atomic mass is 79.9. The van der Waals surface area contributed by atoms with Crippen LogP contribution in [0.5, 0.6) is 0 Å². The molecule has 2 nitrogen and oxygen atoms in total. The van der Waals surface area contributed by atoms with Crippen molar-refractivity contribution in [1.29, 1.82) is 0 Å². The van der Waals surface area contributed by atoms with E-state index in [1.165, 1.54) is 18.4 Å². The maximum atomic E-state index is 4.31. The van der Waals surface area contributed by atoms with Crippen LogP contribution < -0.4 is 0 Å². The summed E-state index contributed by atoms with van der Waals surface area (Å²) >= 11 is 3.39. The minimum atomic E-state index is 0.103. The van der Waals surface area contributed by atoms with Crippen molar-refractivity contribution in [1.82, 2.24) is 10.2 Å². The summed E-state index contributed by atoms with van der Waals surface area (Å²) in [5, 5.41) is 8.40. The van der Waals surface area contributed by atoms with Gasteiger partial charge in [0.1, 0.15) is 4.60 Å². The van der Waals surface area contributed by atoms with Crippen LogP contribution in [-0.2, 0) is 5.41 Å². The molecule has 0 amide bonds. The molecule has 1 aromatic heterocycles. The Morgan fingerprint density at radius 3 is 2.43 bits per heavy atom. The predicted octanol–water partition coefficient (Wildman–Crippen LogP) is 3.41. The number of halogens is 1. The van der Waals surface area contributed by atoms with E-state index >= 15 is 0 Å². The quantitative estimate of drug-likeness (QED) is 0.768. The van der Waals surface area contributed by atoms with Gasteiger partial charge < -0.3 is 0 Å². The van der Waals surface area contributed by atoms with Gasteiger partial charge in [0.15, 0.2) is 0 Å². The van der Waals surface area contributed by atoms with Crippen molar-refractivity contribution in [2.45, 2.75) is 44.9 Å². The van der Waals surface area contributed by atoms with Crippen molar-refractivity contribution in [3.8, 4) is 0 Å². The van der Waals surface area contributed by atoms with Crippen molar-refractivity contribution in [2.24, 2.45) is 0 Å². The Balaban J connectivity index is 2.47. The van der Waals surface area contributed by atoms with E-state index in [0.29, 0.717) is 0 Å². The first kappa shape index (κ1) is 10.1. The van der Waals surface area contributed by atoms with Crippen molar-refractivity contribution >= 4 is 15.9 Å². The predicted molar refractivity (Wildman–Crippen MR) is 60.4 cm³/mol. The van der Waals surface area contributed by atoms with Gasteiger partial charge >= 0.3 is 0 Å². The van der Waals surface area contributed by atoms with E-state index in [-0.39, 0.29) is 5.41 Å². The van der Waals surface area contributed by atoms with Crippen molar-refractivity contribution in [3.05, 3.63) is 21.9 Å². The molecule has 1 aliphatic carbocycles. The average molecular weight is 255 g/mol. The van der Waals surface area contributed by atoms with Gasteiger partial charge in [-0.1, -0.05) is 20.8 Å². The highest BCUT2D eigenvalue weighted by Crippen LogP contribution is 2.44. The second kappa shape index (κ2) is 3.30. The number of hydrogen-bond acceptors (Lipinski definition) is 2. The SMILES string of the molecule is CC(C)(C)c1nnc(Br)cc1C1CC1. The molecule has 76 valence electrons. The van der Waals surface area contributed by atoms with Crippen LogP contribution in [0.15, 0.2) is 10.7 Å². The van der Waals surface area contributed by atoms with Gasteiger partial charge in [-0.25, -0.2) is 0 Å². The van der Waals surface area contributed by atoms with E-state index in [1.807, 2.05) is 0 Å². The summed E-state index contributed by atoms with van der Waals surface area (Å²) < 4.78 is 0.854. The second-order valence-electron chi connectivity index (χ2n) is 5.00. The fraction of sp³-hybridized carbons (Fsp3) is 0.636. The highest BCUT2D eigenvalue weighted by Gasteiger charge is 2.31.